The van der Waals surface area contributed by atoms with Crippen molar-refractivity contribution in [3.63, 3.8) is 0 Å². The van der Waals surface area contributed by atoms with Gasteiger partial charge in [0.25, 0.3) is 0 Å². The lowest BCUT2D eigenvalue weighted by molar-refractivity contribution is 0.543. The number of hydrogen-bond acceptors (Lipinski definition) is 1. The topological polar surface area (TPSA) is 27.8 Å². The highest BCUT2D eigenvalue weighted by Gasteiger charge is 2.02. The molecule has 0 saturated heterocycles. The van der Waals surface area contributed by atoms with E-state index in [1.807, 2.05) is 0 Å². The van der Waals surface area contributed by atoms with Gasteiger partial charge in [-0.25, -0.2) is 0 Å². The lowest BCUT2D eigenvalue weighted by Gasteiger charge is -2.06. The Kier molecular flexibility index (Phi) is 4.21. The van der Waals surface area contributed by atoms with E-state index >= 15 is 0 Å². The van der Waals surface area contributed by atoms with Crippen LogP contribution in [0.5, 0.6) is 0 Å². The molecular formula is C15H22N2. The molecule has 0 atom stereocenters. The Morgan fingerprint density at radius 3 is 2.88 bits per heavy atom. The largest absolute Gasteiger partial charge is 0.361 e. The zero-order valence-electron chi connectivity index (χ0n) is 10.8. The molecule has 2 N–H and O–H groups in total. The first kappa shape index (κ1) is 12.2. The molecule has 2 nitrogen and oxygen atoms in total. The zero-order valence-corrected chi connectivity index (χ0v) is 10.8. The molecule has 0 saturated carbocycles. The number of H-pyrrole nitrogens is 1. The monoisotopic (exact) mass is 230 g/mol. The van der Waals surface area contributed by atoms with Gasteiger partial charge >= 0.3 is 0 Å². The maximum Gasteiger partial charge on any atom is 0.0456 e. The van der Waals surface area contributed by atoms with Crippen molar-refractivity contribution in [1.82, 2.24) is 10.3 Å². The average molecular weight is 230 g/mol. The summed E-state index contributed by atoms with van der Waals surface area (Å²) in [7, 11) is 0. The molecule has 1 aromatic heterocycles. The van der Waals surface area contributed by atoms with Crippen molar-refractivity contribution in [3.05, 3.63) is 36.0 Å². The van der Waals surface area contributed by atoms with Crippen LogP contribution >= 0.6 is 0 Å². The first-order valence-electron chi connectivity index (χ1n) is 6.53. The van der Waals surface area contributed by atoms with Crippen LogP contribution in [0.3, 0.4) is 0 Å². The number of aryl methyl sites for hydroxylation is 1. The predicted molar refractivity (Wildman–Crippen MR) is 74.3 cm³/mol. The van der Waals surface area contributed by atoms with Crippen LogP contribution in [0.2, 0.25) is 0 Å². The van der Waals surface area contributed by atoms with Crippen molar-refractivity contribution < 1.29 is 0 Å². The molecule has 2 aromatic rings. The van der Waals surface area contributed by atoms with Crippen LogP contribution in [-0.2, 0) is 6.42 Å². The van der Waals surface area contributed by atoms with Gasteiger partial charge in [0.1, 0.15) is 0 Å². The Balaban J connectivity index is 1.83. The van der Waals surface area contributed by atoms with Gasteiger partial charge in [-0.1, -0.05) is 32.0 Å². The highest BCUT2D eigenvalue weighted by molar-refractivity contribution is 5.82. The summed E-state index contributed by atoms with van der Waals surface area (Å²) in [5, 5.41) is 4.86. The predicted octanol–water partition coefficient (Wildman–Crippen LogP) is 3.35. The second kappa shape index (κ2) is 5.87. The molecule has 0 amide bonds. The molecular weight excluding hydrogens is 208 g/mol. The Morgan fingerprint density at radius 1 is 1.24 bits per heavy atom. The van der Waals surface area contributed by atoms with E-state index in [1.54, 1.807) is 0 Å². The molecule has 1 aromatic carbocycles. The number of aromatic amines is 1. The van der Waals surface area contributed by atoms with Crippen molar-refractivity contribution in [2.24, 2.45) is 5.92 Å². The van der Waals surface area contributed by atoms with Crippen molar-refractivity contribution >= 4 is 10.9 Å². The molecule has 92 valence electrons. The fourth-order valence-corrected chi connectivity index (χ4v) is 2.13. The standard InChI is InChI=1S/C15H22N2/c1-12(2)10-16-9-5-6-13-11-17-15-8-4-3-7-14(13)15/h3-4,7-8,11-12,16-17H,5-6,9-10H2,1-2H3. The first-order valence-corrected chi connectivity index (χ1v) is 6.53. The Bertz CT molecular complexity index is 457. The molecule has 1 heterocycles. The van der Waals surface area contributed by atoms with E-state index < -0.39 is 0 Å². The van der Waals surface area contributed by atoms with E-state index in [2.05, 4.69) is 54.6 Å². The minimum atomic E-state index is 0.739. The second-order valence-corrected chi connectivity index (χ2v) is 5.06. The van der Waals surface area contributed by atoms with Crippen molar-refractivity contribution in [1.29, 1.82) is 0 Å². The molecule has 0 spiro atoms. The molecule has 0 aliphatic rings. The van der Waals surface area contributed by atoms with Gasteiger partial charge in [0.05, 0.1) is 0 Å². The maximum absolute atomic E-state index is 3.49. The molecule has 0 unspecified atom stereocenters. The number of nitrogens with one attached hydrogen (secondary N) is 2. The van der Waals surface area contributed by atoms with E-state index in [1.165, 1.54) is 22.9 Å². The summed E-state index contributed by atoms with van der Waals surface area (Å²) >= 11 is 0. The van der Waals surface area contributed by atoms with E-state index in [0.717, 1.165) is 25.4 Å². The highest BCUT2D eigenvalue weighted by Crippen LogP contribution is 2.18. The molecule has 0 fully saturated rings. The Labute approximate surface area is 103 Å². The van der Waals surface area contributed by atoms with Crippen LogP contribution in [0.1, 0.15) is 25.8 Å². The third kappa shape index (κ3) is 3.34. The van der Waals surface area contributed by atoms with Gasteiger partial charge in [-0.2, -0.15) is 0 Å². The van der Waals surface area contributed by atoms with Crippen molar-refractivity contribution in [3.8, 4) is 0 Å². The van der Waals surface area contributed by atoms with Gasteiger partial charge in [-0.15, -0.1) is 0 Å². The lowest BCUT2D eigenvalue weighted by Crippen LogP contribution is -2.21. The summed E-state index contributed by atoms with van der Waals surface area (Å²) in [4.78, 5) is 3.33. The van der Waals surface area contributed by atoms with Gasteiger partial charge in [-0.05, 0) is 43.5 Å². The van der Waals surface area contributed by atoms with Gasteiger partial charge in [0, 0.05) is 17.1 Å². The number of fused-ring (bicyclic) bond motifs is 1. The summed E-state index contributed by atoms with van der Waals surface area (Å²) in [6, 6.07) is 8.52. The second-order valence-electron chi connectivity index (χ2n) is 5.06. The fourth-order valence-electron chi connectivity index (χ4n) is 2.13. The van der Waals surface area contributed by atoms with Crippen LogP contribution in [0, 0.1) is 5.92 Å². The quantitative estimate of drug-likeness (QED) is 0.732. The van der Waals surface area contributed by atoms with E-state index in [-0.39, 0.29) is 0 Å². The molecule has 2 heteroatoms. The summed E-state index contributed by atoms with van der Waals surface area (Å²) in [6.45, 7) is 6.71. The zero-order chi connectivity index (χ0) is 12.1. The Morgan fingerprint density at radius 2 is 2.06 bits per heavy atom. The van der Waals surface area contributed by atoms with E-state index in [4.69, 9.17) is 0 Å². The smallest absolute Gasteiger partial charge is 0.0456 e. The van der Waals surface area contributed by atoms with E-state index in [9.17, 15) is 0 Å². The molecule has 0 radical (unpaired) electrons. The number of hydrogen-bond donors (Lipinski definition) is 2. The van der Waals surface area contributed by atoms with Gasteiger partial charge < -0.3 is 10.3 Å². The minimum Gasteiger partial charge on any atom is -0.361 e. The third-order valence-corrected chi connectivity index (χ3v) is 3.03. The molecule has 0 aliphatic heterocycles. The number of rotatable bonds is 6. The van der Waals surface area contributed by atoms with Crippen LogP contribution in [0.25, 0.3) is 10.9 Å². The van der Waals surface area contributed by atoms with Crippen LogP contribution in [0.4, 0.5) is 0 Å². The molecule has 17 heavy (non-hydrogen) atoms. The average Bonchev–Trinajstić information content (AvgIpc) is 2.72. The van der Waals surface area contributed by atoms with Gasteiger partial charge in [0.2, 0.25) is 0 Å². The van der Waals surface area contributed by atoms with E-state index in [0.29, 0.717) is 0 Å². The highest BCUT2D eigenvalue weighted by atomic mass is 14.8. The Hall–Kier alpha value is -1.28. The van der Waals surface area contributed by atoms with Crippen LogP contribution in [-0.4, -0.2) is 18.1 Å². The van der Waals surface area contributed by atoms with Gasteiger partial charge in [0.15, 0.2) is 0 Å². The molecule has 0 aliphatic carbocycles. The number of aromatic nitrogens is 1. The summed E-state index contributed by atoms with van der Waals surface area (Å²) in [6.07, 6.45) is 4.50. The van der Waals surface area contributed by atoms with Gasteiger partial charge in [-0.3, -0.25) is 0 Å². The van der Waals surface area contributed by atoms with Crippen molar-refractivity contribution in [2.45, 2.75) is 26.7 Å². The first-order chi connectivity index (χ1) is 8.27. The summed E-state index contributed by atoms with van der Waals surface area (Å²) in [5.41, 5.74) is 2.68. The summed E-state index contributed by atoms with van der Waals surface area (Å²) < 4.78 is 0. The SMILES string of the molecule is CC(C)CNCCCc1c[nH]c2ccccc12. The third-order valence-electron chi connectivity index (χ3n) is 3.03. The lowest BCUT2D eigenvalue weighted by atomic mass is 10.1. The van der Waals surface area contributed by atoms with Crippen LogP contribution < -0.4 is 5.32 Å². The summed E-state index contributed by atoms with van der Waals surface area (Å²) in [5.74, 6) is 0.739. The minimum absolute atomic E-state index is 0.739. The number of benzene rings is 1. The van der Waals surface area contributed by atoms with Crippen molar-refractivity contribution in [2.75, 3.05) is 13.1 Å². The molecule has 0 bridgehead atoms. The maximum atomic E-state index is 3.49. The fraction of sp³-hybridized carbons (Fsp3) is 0.467. The normalized spacial score (nSPS) is 11.5. The number of para-hydroxylation sites is 1. The molecule has 2 rings (SSSR count). The van der Waals surface area contributed by atoms with Crippen LogP contribution in [0.15, 0.2) is 30.5 Å².